The van der Waals surface area contributed by atoms with Crippen LogP contribution in [0.5, 0.6) is 11.5 Å². The number of carbonyl (C=O) groups excluding carboxylic acids is 1. The van der Waals surface area contributed by atoms with Crippen LogP contribution in [0.4, 0.5) is 10.2 Å². The first kappa shape index (κ1) is 28.7. The summed E-state index contributed by atoms with van der Waals surface area (Å²) in [4.78, 5) is 23.7. The number of nitriles is 1. The molecule has 0 unspecified atom stereocenters. The number of hydrogen-bond donors (Lipinski definition) is 2. The molecule has 10 nitrogen and oxygen atoms in total. The Labute approximate surface area is 243 Å². The van der Waals surface area contributed by atoms with Gasteiger partial charge >= 0.3 is 0 Å². The van der Waals surface area contributed by atoms with Crippen LogP contribution >= 0.6 is 0 Å². The van der Waals surface area contributed by atoms with Crippen molar-refractivity contribution in [2.45, 2.75) is 51.7 Å². The van der Waals surface area contributed by atoms with E-state index in [9.17, 15) is 10.1 Å². The van der Waals surface area contributed by atoms with Crippen molar-refractivity contribution in [1.29, 1.82) is 5.26 Å². The van der Waals surface area contributed by atoms with Crippen LogP contribution in [-0.2, 0) is 11.3 Å². The monoisotopic (exact) mass is 568 g/mol. The Balaban J connectivity index is 1.45. The molecule has 42 heavy (non-hydrogen) atoms. The molecule has 2 aromatic carbocycles. The highest BCUT2D eigenvalue weighted by atomic mass is 19.1. The molecular weight excluding hydrogens is 535 g/mol. The van der Waals surface area contributed by atoms with Crippen LogP contribution in [0, 0.1) is 17.1 Å². The predicted octanol–water partition coefficient (Wildman–Crippen LogP) is 4.84. The number of nitrogen functional groups attached to an aromatic ring is 1. The van der Waals surface area contributed by atoms with Gasteiger partial charge in [-0.2, -0.15) is 10.4 Å². The summed E-state index contributed by atoms with van der Waals surface area (Å²) in [5.74, 6) is 0.242. The summed E-state index contributed by atoms with van der Waals surface area (Å²) in [7, 11) is 0. The Bertz CT molecular complexity index is 1680. The van der Waals surface area contributed by atoms with E-state index in [2.05, 4.69) is 21.4 Å². The highest BCUT2D eigenvalue weighted by Gasteiger charge is 2.33. The number of nitrogens with two attached hydrogens (primary N) is 1. The van der Waals surface area contributed by atoms with Crippen LogP contribution in [0.15, 0.2) is 66.5 Å². The number of hydrogen-bond acceptors (Lipinski definition) is 8. The third-order valence-electron chi connectivity index (χ3n) is 7.24. The van der Waals surface area contributed by atoms with Gasteiger partial charge < -0.3 is 20.7 Å². The lowest BCUT2D eigenvalue weighted by Crippen LogP contribution is -2.41. The molecule has 3 heterocycles. The molecule has 5 rings (SSSR count). The minimum atomic E-state index is -0.539. The van der Waals surface area contributed by atoms with E-state index >= 15 is 4.39 Å². The van der Waals surface area contributed by atoms with Gasteiger partial charge in [-0.05, 0) is 63.6 Å². The van der Waals surface area contributed by atoms with Crippen LogP contribution in [0.3, 0.4) is 0 Å². The second-order valence-corrected chi connectivity index (χ2v) is 10.8. The molecule has 0 aliphatic carbocycles. The molecule has 0 spiro atoms. The first-order chi connectivity index (χ1) is 20.2. The summed E-state index contributed by atoms with van der Waals surface area (Å²) >= 11 is 0. The fourth-order valence-electron chi connectivity index (χ4n) is 5.38. The van der Waals surface area contributed by atoms with Gasteiger partial charge in [0.05, 0.1) is 18.0 Å². The average molecular weight is 569 g/mol. The second kappa shape index (κ2) is 12.0. The maximum absolute atomic E-state index is 15.5. The third kappa shape index (κ3) is 5.94. The quantitative estimate of drug-likeness (QED) is 0.216. The van der Waals surface area contributed by atoms with Gasteiger partial charge in [0.1, 0.15) is 46.8 Å². The van der Waals surface area contributed by atoms with Crippen LogP contribution in [0.1, 0.15) is 33.6 Å². The van der Waals surface area contributed by atoms with Crippen molar-refractivity contribution in [1.82, 2.24) is 30.0 Å². The molecule has 0 radical (unpaired) electrons. The molecule has 1 saturated heterocycles. The highest BCUT2D eigenvalue weighted by molar-refractivity contribution is 5.99. The molecule has 11 heteroatoms. The summed E-state index contributed by atoms with van der Waals surface area (Å²) in [5.41, 5.74) is 6.78. The van der Waals surface area contributed by atoms with Crippen molar-refractivity contribution in [3.8, 4) is 28.8 Å². The van der Waals surface area contributed by atoms with E-state index in [0.717, 1.165) is 12.8 Å². The van der Waals surface area contributed by atoms with Gasteiger partial charge in [-0.25, -0.2) is 19.0 Å². The smallest absolute Gasteiger partial charge is 0.264 e. The van der Waals surface area contributed by atoms with E-state index in [0.29, 0.717) is 47.9 Å². The summed E-state index contributed by atoms with van der Waals surface area (Å²) < 4.78 is 22.9. The number of nitrogens with one attached hydrogen (secondary N) is 1. The van der Waals surface area contributed by atoms with Gasteiger partial charge in [-0.15, -0.1) is 0 Å². The maximum Gasteiger partial charge on any atom is 0.264 e. The van der Waals surface area contributed by atoms with Crippen molar-refractivity contribution in [3.05, 3.63) is 72.3 Å². The van der Waals surface area contributed by atoms with E-state index in [1.54, 1.807) is 39.9 Å². The van der Waals surface area contributed by atoms with Crippen LogP contribution < -0.4 is 15.8 Å². The largest absolute Gasteiger partial charge is 0.457 e. The van der Waals surface area contributed by atoms with Crippen molar-refractivity contribution in [2.75, 3.05) is 18.8 Å². The Kier molecular flexibility index (Phi) is 8.17. The number of para-hydroxylation sites is 1. The zero-order valence-electron chi connectivity index (χ0n) is 23.8. The lowest BCUT2D eigenvalue weighted by atomic mass is 10.0. The van der Waals surface area contributed by atoms with Gasteiger partial charge in [0, 0.05) is 23.7 Å². The molecule has 0 saturated carbocycles. The van der Waals surface area contributed by atoms with Crippen LogP contribution in [0.2, 0.25) is 0 Å². The molecule has 0 bridgehead atoms. The molecule has 1 aliphatic rings. The molecular formula is C31H33FN8O2. The molecule has 1 fully saturated rings. The Hall–Kier alpha value is -4.82. The standard InChI is InChI=1S/C31H33FN8O2/c1-4-37-31(2,3)16-20(17-33)30(41)39-14-8-9-21(39)18-40-29-26(28(34)35-19-36-29)27(38-40)24-13-12-23(15-25(24)32)42-22-10-6-5-7-11-22/h5-7,10-13,15-16,19,21,37H,4,8-9,14,18H2,1-3H3,(H2,34,35,36)/b20-16+/t21-/m1/s1. The van der Waals surface area contributed by atoms with Crippen molar-refractivity contribution in [3.63, 3.8) is 0 Å². The predicted molar refractivity (Wildman–Crippen MR) is 158 cm³/mol. The first-order valence-electron chi connectivity index (χ1n) is 13.9. The first-order valence-corrected chi connectivity index (χ1v) is 13.9. The highest BCUT2D eigenvalue weighted by Crippen LogP contribution is 2.35. The average Bonchev–Trinajstić information content (AvgIpc) is 3.58. The van der Waals surface area contributed by atoms with Gasteiger partial charge in [-0.3, -0.25) is 4.79 Å². The molecule has 1 aliphatic heterocycles. The lowest BCUT2D eigenvalue weighted by molar-refractivity contribution is -0.127. The number of amides is 1. The molecule has 3 N–H and O–H groups in total. The number of nitrogens with zero attached hydrogens (tertiary/aromatic N) is 6. The number of aromatic nitrogens is 4. The SMILES string of the molecule is CCNC(C)(C)/C=C(\C#N)C(=O)N1CCC[C@@H]1Cn1nc(-c2ccc(Oc3ccccc3)cc2F)c2c(N)ncnc21. The van der Waals surface area contributed by atoms with E-state index in [-0.39, 0.29) is 28.9 Å². The number of anilines is 1. The Morgan fingerprint density at radius 2 is 2.02 bits per heavy atom. The minimum absolute atomic E-state index is 0.0883. The van der Waals surface area contributed by atoms with Gasteiger partial charge in [0.25, 0.3) is 5.91 Å². The fourth-order valence-corrected chi connectivity index (χ4v) is 5.38. The van der Waals surface area contributed by atoms with E-state index < -0.39 is 11.4 Å². The Morgan fingerprint density at radius 1 is 1.24 bits per heavy atom. The van der Waals surface area contributed by atoms with E-state index in [4.69, 9.17) is 15.6 Å². The number of benzene rings is 2. The molecule has 216 valence electrons. The molecule has 1 amide bonds. The number of fused-ring (bicyclic) bond motifs is 1. The minimum Gasteiger partial charge on any atom is -0.457 e. The molecule has 4 aromatic rings. The van der Waals surface area contributed by atoms with Crippen molar-refractivity contribution in [2.24, 2.45) is 0 Å². The van der Waals surface area contributed by atoms with Gasteiger partial charge in [0.15, 0.2) is 5.65 Å². The number of rotatable bonds is 9. The molecule has 1 atom stereocenters. The summed E-state index contributed by atoms with van der Waals surface area (Å²) in [6.45, 7) is 7.33. The van der Waals surface area contributed by atoms with Crippen molar-refractivity contribution >= 4 is 22.8 Å². The van der Waals surface area contributed by atoms with Crippen LogP contribution in [-0.4, -0.2) is 55.2 Å². The zero-order valence-corrected chi connectivity index (χ0v) is 23.8. The number of ether oxygens (including phenoxy) is 1. The zero-order chi connectivity index (χ0) is 29.9. The number of carbonyl (C=O) groups is 1. The number of likely N-dealkylation sites (tertiary alicyclic amines) is 1. The van der Waals surface area contributed by atoms with E-state index in [1.807, 2.05) is 39.0 Å². The van der Waals surface area contributed by atoms with Gasteiger partial charge in [0.2, 0.25) is 0 Å². The fraction of sp³-hybridized carbons (Fsp3) is 0.323. The maximum atomic E-state index is 15.5. The normalized spacial score (nSPS) is 15.6. The summed E-state index contributed by atoms with van der Waals surface area (Å²) in [6, 6.07) is 15.5. The van der Waals surface area contributed by atoms with Crippen molar-refractivity contribution < 1.29 is 13.9 Å². The third-order valence-corrected chi connectivity index (χ3v) is 7.24. The van der Waals surface area contributed by atoms with Gasteiger partial charge in [-0.1, -0.05) is 25.1 Å². The van der Waals surface area contributed by atoms with Crippen LogP contribution in [0.25, 0.3) is 22.3 Å². The summed E-state index contributed by atoms with van der Waals surface area (Å²) in [6.07, 6.45) is 4.52. The second-order valence-electron chi connectivity index (χ2n) is 10.8. The molecule has 2 aromatic heterocycles. The Morgan fingerprint density at radius 3 is 2.74 bits per heavy atom. The van der Waals surface area contributed by atoms with E-state index in [1.165, 1.54) is 12.4 Å². The topological polar surface area (TPSA) is 135 Å². The number of halogens is 1. The lowest BCUT2D eigenvalue weighted by Gasteiger charge is -2.26. The summed E-state index contributed by atoms with van der Waals surface area (Å²) in [5, 5.41) is 18.2. The number of likely N-dealkylation sites (N-methyl/N-ethyl adjacent to an activating group) is 1.